The van der Waals surface area contributed by atoms with Gasteiger partial charge in [-0.05, 0) is 60.9 Å². The summed E-state index contributed by atoms with van der Waals surface area (Å²) in [7, 11) is 0. The average molecular weight is 494 g/mol. The van der Waals surface area contributed by atoms with Crippen molar-refractivity contribution in [2.75, 3.05) is 18.0 Å². The lowest BCUT2D eigenvalue weighted by atomic mass is 9.87. The number of carbonyl (C=O) groups is 1. The second-order valence-corrected chi connectivity index (χ2v) is 10.1. The number of aryl methyl sites for hydroxylation is 1. The van der Waals surface area contributed by atoms with Gasteiger partial charge in [-0.1, -0.05) is 54.6 Å². The number of pyridine rings is 1. The number of anilines is 1. The summed E-state index contributed by atoms with van der Waals surface area (Å²) in [5.74, 6) is 0.508. The van der Waals surface area contributed by atoms with E-state index in [2.05, 4.69) is 34.6 Å². The van der Waals surface area contributed by atoms with E-state index >= 15 is 0 Å². The molecule has 37 heavy (non-hydrogen) atoms. The van der Waals surface area contributed by atoms with Crippen molar-refractivity contribution in [1.82, 2.24) is 19.9 Å². The van der Waals surface area contributed by atoms with Crippen molar-refractivity contribution < 1.29 is 4.79 Å². The van der Waals surface area contributed by atoms with Crippen molar-refractivity contribution in [3.05, 3.63) is 100.0 Å². The number of rotatable bonds is 5. The molecule has 1 aliphatic carbocycles. The maximum Gasteiger partial charge on any atom is 0.295 e. The average Bonchev–Trinajstić information content (AvgIpc) is 2.95. The van der Waals surface area contributed by atoms with Gasteiger partial charge in [-0.2, -0.15) is 0 Å². The highest BCUT2D eigenvalue weighted by Gasteiger charge is 2.30. The summed E-state index contributed by atoms with van der Waals surface area (Å²) < 4.78 is 1.71. The fourth-order valence-corrected chi connectivity index (χ4v) is 5.73. The number of fused-ring (bicyclic) bond motifs is 2. The van der Waals surface area contributed by atoms with E-state index in [9.17, 15) is 9.59 Å². The quantitative estimate of drug-likeness (QED) is 0.450. The second kappa shape index (κ2) is 10.2. The number of amides is 1. The summed E-state index contributed by atoms with van der Waals surface area (Å²) in [6.07, 6.45) is 6.25. The van der Waals surface area contributed by atoms with Crippen LogP contribution >= 0.6 is 0 Å². The third-order valence-electron chi connectivity index (χ3n) is 7.72. The minimum absolute atomic E-state index is 0.0565. The van der Waals surface area contributed by atoms with Crippen LogP contribution in [0.2, 0.25) is 0 Å². The molecule has 1 atom stereocenters. The van der Waals surface area contributed by atoms with E-state index in [1.54, 1.807) is 10.8 Å². The normalized spacial score (nSPS) is 17.9. The number of hydrogen-bond donors (Lipinski definition) is 1. The number of benzene rings is 2. The van der Waals surface area contributed by atoms with E-state index in [-0.39, 0.29) is 23.4 Å². The minimum Gasteiger partial charge on any atom is -0.352 e. The lowest BCUT2D eigenvalue weighted by Gasteiger charge is -2.33. The van der Waals surface area contributed by atoms with Crippen molar-refractivity contribution in [1.29, 1.82) is 0 Å². The van der Waals surface area contributed by atoms with E-state index in [0.29, 0.717) is 49.5 Å². The number of nitrogens with zero attached hydrogens (tertiary/aromatic N) is 4. The van der Waals surface area contributed by atoms with E-state index < -0.39 is 0 Å². The van der Waals surface area contributed by atoms with Crippen molar-refractivity contribution >= 4 is 22.9 Å². The highest BCUT2D eigenvalue weighted by atomic mass is 16.2. The lowest BCUT2D eigenvalue weighted by molar-refractivity contribution is -0.126. The second-order valence-electron chi connectivity index (χ2n) is 10.1. The van der Waals surface area contributed by atoms with Gasteiger partial charge in [0.15, 0.2) is 11.5 Å². The third kappa shape index (κ3) is 4.73. The van der Waals surface area contributed by atoms with Crippen LogP contribution in [0.25, 0.3) is 11.2 Å². The van der Waals surface area contributed by atoms with Gasteiger partial charge in [0.1, 0.15) is 5.52 Å². The van der Waals surface area contributed by atoms with Crippen molar-refractivity contribution in [2.45, 2.75) is 44.7 Å². The molecule has 0 spiro atoms. The molecule has 7 heteroatoms. The molecule has 2 aromatic carbocycles. The molecule has 1 fully saturated rings. The first-order chi connectivity index (χ1) is 18.2. The zero-order valence-corrected chi connectivity index (χ0v) is 20.8. The minimum atomic E-state index is -0.142. The molecule has 2 aliphatic rings. The summed E-state index contributed by atoms with van der Waals surface area (Å²) in [6, 6.07) is 22.2. The summed E-state index contributed by atoms with van der Waals surface area (Å²) in [5.41, 5.74) is 4.78. The Kier molecular flexibility index (Phi) is 6.43. The Hall–Kier alpha value is -4.00. The highest BCUT2D eigenvalue weighted by Crippen LogP contribution is 2.30. The number of piperidine rings is 1. The Balaban J connectivity index is 1.19. The van der Waals surface area contributed by atoms with E-state index in [4.69, 9.17) is 4.98 Å². The number of nitrogens with one attached hydrogen (secondary N) is 1. The molecule has 1 amide bonds. The van der Waals surface area contributed by atoms with E-state index in [0.717, 1.165) is 24.8 Å². The van der Waals surface area contributed by atoms with Gasteiger partial charge < -0.3 is 10.2 Å². The van der Waals surface area contributed by atoms with Gasteiger partial charge >= 0.3 is 0 Å². The zero-order chi connectivity index (χ0) is 25.2. The number of aromatic nitrogens is 3. The molecular formula is C30H31N5O2. The molecule has 1 N–H and O–H groups in total. The number of carbonyl (C=O) groups excluding carboxylic acids is 1. The molecule has 188 valence electrons. The van der Waals surface area contributed by atoms with Gasteiger partial charge in [0.05, 0.1) is 12.6 Å². The van der Waals surface area contributed by atoms with Crippen LogP contribution in [0.15, 0.2) is 77.7 Å². The summed E-state index contributed by atoms with van der Waals surface area (Å²) in [5, 5.41) is 3.32. The van der Waals surface area contributed by atoms with E-state index in [1.807, 2.05) is 47.4 Å². The monoisotopic (exact) mass is 493 g/mol. The Labute approximate surface area is 216 Å². The molecule has 4 aromatic rings. The number of hydrogen-bond acceptors (Lipinski definition) is 5. The van der Waals surface area contributed by atoms with Gasteiger partial charge in [-0.15, -0.1) is 0 Å². The maximum absolute atomic E-state index is 13.6. The van der Waals surface area contributed by atoms with Crippen molar-refractivity contribution in [2.24, 2.45) is 5.92 Å². The Bertz CT molecular complexity index is 1470. The largest absolute Gasteiger partial charge is 0.352 e. The summed E-state index contributed by atoms with van der Waals surface area (Å²) in [4.78, 5) is 38.0. The topological polar surface area (TPSA) is 80.1 Å². The molecule has 6 rings (SSSR count). The molecule has 7 nitrogen and oxygen atoms in total. The van der Waals surface area contributed by atoms with Crippen LogP contribution in [0.4, 0.5) is 5.82 Å². The smallest absolute Gasteiger partial charge is 0.295 e. The fraction of sp³-hybridized carbons (Fsp3) is 0.333. The van der Waals surface area contributed by atoms with Gasteiger partial charge in [0.2, 0.25) is 5.91 Å². The molecule has 0 saturated carbocycles. The summed E-state index contributed by atoms with van der Waals surface area (Å²) >= 11 is 0. The molecule has 0 radical (unpaired) electrons. The zero-order valence-electron chi connectivity index (χ0n) is 20.8. The standard InChI is InChI=1S/C30H31N5O2/c36-29(33-25-13-6-11-22-10-4-5-12-24(22)25)23-15-18-34(19-16-23)28-30(37)35(20-21-8-2-1-3-9-21)27-26(32-28)14-7-17-31-27/h1-5,7-10,12,14,17,23,25H,6,11,13,15-16,18-20H2,(H,33,36)/t25-/m1/s1. The molecular weight excluding hydrogens is 462 g/mol. The Morgan fingerprint density at radius 1 is 0.946 bits per heavy atom. The van der Waals surface area contributed by atoms with E-state index in [1.165, 1.54) is 11.1 Å². The summed E-state index contributed by atoms with van der Waals surface area (Å²) in [6.45, 7) is 1.68. The highest BCUT2D eigenvalue weighted by molar-refractivity contribution is 5.79. The van der Waals surface area contributed by atoms with Crippen molar-refractivity contribution in [3.63, 3.8) is 0 Å². The van der Waals surface area contributed by atoms with Crippen LogP contribution < -0.4 is 15.8 Å². The molecule has 1 aliphatic heterocycles. The molecule has 2 aromatic heterocycles. The van der Waals surface area contributed by atoms with Gasteiger partial charge in [-0.3, -0.25) is 14.2 Å². The van der Waals surface area contributed by atoms with Crippen molar-refractivity contribution in [3.8, 4) is 0 Å². The van der Waals surface area contributed by atoms with Gasteiger partial charge in [0.25, 0.3) is 5.56 Å². The first-order valence-electron chi connectivity index (χ1n) is 13.2. The predicted octanol–water partition coefficient (Wildman–Crippen LogP) is 4.25. The Morgan fingerprint density at radius 2 is 1.73 bits per heavy atom. The van der Waals surface area contributed by atoms with Crippen LogP contribution in [0.1, 0.15) is 48.4 Å². The molecule has 1 saturated heterocycles. The van der Waals surface area contributed by atoms with Crippen LogP contribution in [0.5, 0.6) is 0 Å². The molecule has 0 unspecified atom stereocenters. The fourth-order valence-electron chi connectivity index (χ4n) is 5.73. The maximum atomic E-state index is 13.6. The van der Waals surface area contributed by atoms with Crippen LogP contribution in [0, 0.1) is 5.92 Å². The molecule has 0 bridgehead atoms. The van der Waals surface area contributed by atoms with Crippen LogP contribution in [0.3, 0.4) is 0 Å². The first kappa shape index (κ1) is 23.4. The Morgan fingerprint density at radius 3 is 2.57 bits per heavy atom. The van der Waals surface area contributed by atoms with Crippen LogP contribution in [-0.4, -0.2) is 33.5 Å². The lowest BCUT2D eigenvalue weighted by Crippen LogP contribution is -2.44. The van der Waals surface area contributed by atoms with Gasteiger partial charge in [-0.25, -0.2) is 9.97 Å². The molecule has 3 heterocycles. The first-order valence-corrected chi connectivity index (χ1v) is 13.2. The third-order valence-corrected chi connectivity index (χ3v) is 7.72. The SMILES string of the molecule is O=C(N[C@@H]1CCCc2ccccc21)C1CCN(c2nc3cccnc3n(Cc3ccccc3)c2=O)CC1. The van der Waals surface area contributed by atoms with Gasteiger partial charge in [0, 0.05) is 25.2 Å². The predicted molar refractivity (Wildman–Crippen MR) is 145 cm³/mol. The van der Waals surface area contributed by atoms with Crippen LogP contribution in [-0.2, 0) is 17.8 Å².